The summed E-state index contributed by atoms with van der Waals surface area (Å²) in [6, 6.07) is 3.04. The van der Waals surface area contributed by atoms with Gasteiger partial charge in [0, 0.05) is 34.2 Å². The molecule has 0 aliphatic heterocycles. The lowest BCUT2D eigenvalue weighted by atomic mass is 10.1. The van der Waals surface area contributed by atoms with Crippen LogP contribution in [0, 0.1) is 10.1 Å². The summed E-state index contributed by atoms with van der Waals surface area (Å²) in [7, 11) is 0. The number of hydrogen-bond acceptors (Lipinski definition) is 4. The number of allylic oxidation sites excluding steroid dienone is 5. The smallest absolute Gasteiger partial charge is 0.383 e. The molecule has 0 fully saturated rings. The van der Waals surface area contributed by atoms with Crippen molar-refractivity contribution in [3.63, 3.8) is 0 Å². The normalized spacial score (nSPS) is 15.0. The number of nitro benzene ring substituents is 1. The predicted molar refractivity (Wildman–Crippen MR) is 115 cm³/mol. The van der Waals surface area contributed by atoms with Crippen molar-refractivity contribution in [3.05, 3.63) is 76.0 Å². The number of nitrogens with one attached hydrogen (secondary N) is 1. The molecule has 30 heavy (non-hydrogen) atoms. The highest BCUT2D eigenvalue weighted by atomic mass is 32.2. The van der Waals surface area contributed by atoms with Crippen LogP contribution in [0.5, 0.6) is 0 Å². The highest BCUT2D eigenvalue weighted by Gasteiger charge is 2.39. The first-order valence-corrected chi connectivity index (χ1v) is 10.4. The average molecular weight is 440 g/mol. The van der Waals surface area contributed by atoms with Gasteiger partial charge in [0.2, 0.25) is 0 Å². The molecular weight excluding hydrogens is 417 g/mol. The topological polar surface area (TPSA) is 79.2 Å². The second-order valence-corrected chi connectivity index (χ2v) is 7.86. The molecule has 0 radical (unpaired) electrons. The van der Waals surface area contributed by atoms with Gasteiger partial charge < -0.3 is 10.1 Å². The Hall–Kier alpha value is -2.52. The van der Waals surface area contributed by atoms with Gasteiger partial charge in [0.05, 0.1) is 4.92 Å². The number of benzene rings is 1. The van der Waals surface area contributed by atoms with Crippen molar-refractivity contribution in [1.82, 2.24) is 4.98 Å². The van der Waals surface area contributed by atoms with Crippen LogP contribution in [0.2, 0.25) is 0 Å². The zero-order chi connectivity index (χ0) is 22.4. The third-order valence-electron chi connectivity index (χ3n) is 4.26. The highest BCUT2D eigenvalue weighted by Crippen LogP contribution is 2.39. The zero-order valence-electron chi connectivity index (χ0n) is 16.6. The Labute approximate surface area is 176 Å². The molecule has 0 saturated carbocycles. The van der Waals surface area contributed by atoms with Gasteiger partial charge in [-0.1, -0.05) is 43.4 Å². The molecule has 2 rings (SSSR count). The number of aromatic amines is 1. The van der Waals surface area contributed by atoms with Crippen LogP contribution in [0.15, 0.2) is 54.7 Å². The Balaban J connectivity index is 2.13. The van der Waals surface area contributed by atoms with E-state index in [1.165, 1.54) is 17.8 Å². The summed E-state index contributed by atoms with van der Waals surface area (Å²) in [6.45, 7) is 3.59. The fraction of sp³-hybridized carbons (Fsp3) is 0.333. The summed E-state index contributed by atoms with van der Waals surface area (Å²) in [4.78, 5) is 12.8. The molecule has 0 amide bonds. The van der Waals surface area contributed by atoms with Crippen molar-refractivity contribution in [2.24, 2.45) is 0 Å². The number of rotatable bonds is 9. The maximum Gasteiger partial charge on any atom is 0.423 e. The Morgan fingerprint density at radius 3 is 2.43 bits per heavy atom. The number of halogens is 3. The minimum absolute atomic E-state index is 0.0818. The molecule has 0 aliphatic rings. The number of aromatic nitrogens is 1. The maximum absolute atomic E-state index is 13.1. The molecule has 162 valence electrons. The molecule has 0 bridgehead atoms. The second-order valence-electron chi connectivity index (χ2n) is 6.83. The molecular formula is C21H23F3N2O3S. The van der Waals surface area contributed by atoms with E-state index in [-0.39, 0.29) is 16.7 Å². The monoisotopic (exact) mass is 440 g/mol. The van der Waals surface area contributed by atoms with Gasteiger partial charge in [-0.25, -0.2) is 0 Å². The quantitative estimate of drug-likeness (QED) is 0.213. The van der Waals surface area contributed by atoms with Crippen molar-refractivity contribution in [2.45, 2.75) is 32.0 Å². The highest BCUT2D eigenvalue weighted by molar-refractivity contribution is 7.99. The van der Waals surface area contributed by atoms with Gasteiger partial charge in [-0.3, -0.25) is 10.1 Å². The van der Waals surface area contributed by atoms with Crippen LogP contribution in [0.1, 0.15) is 31.5 Å². The molecule has 1 unspecified atom stereocenters. The molecule has 0 spiro atoms. The third kappa shape index (κ3) is 6.24. The van der Waals surface area contributed by atoms with Gasteiger partial charge in [0.15, 0.2) is 0 Å². The molecule has 0 aliphatic carbocycles. The largest absolute Gasteiger partial charge is 0.423 e. The standard InChI is InChI=1S/C21H23F3N2O3S/c1-3-4-5-6-7-8-9-10-30-14-20(2,27)19-12-15-11-18(26(28)29)16(21(22,23)24)13-17(15)25-19/h4-9,11-13,25,27H,3,10,14H2,1-2H3/b5-4-,7-6-,9-8+. The molecule has 1 atom stereocenters. The molecule has 0 saturated heterocycles. The number of nitrogens with zero attached hydrogens (tertiary/aromatic N) is 1. The number of thioether (sulfide) groups is 1. The Bertz CT molecular complexity index is 976. The summed E-state index contributed by atoms with van der Waals surface area (Å²) in [5.41, 5.74) is -3.30. The van der Waals surface area contributed by atoms with E-state index in [2.05, 4.69) is 4.98 Å². The first-order chi connectivity index (χ1) is 14.1. The Morgan fingerprint density at radius 1 is 1.17 bits per heavy atom. The third-order valence-corrected chi connectivity index (χ3v) is 5.45. The summed E-state index contributed by atoms with van der Waals surface area (Å²) in [6.07, 6.45) is 7.73. The van der Waals surface area contributed by atoms with E-state index >= 15 is 0 Å². The number of alkyl halides is 3. The van der Waals surface area contributed by atoms with Crippen molar-refractivity contribution >= 4 is 28.4 Å². The molecule has 1 aromatic heterocycles. The van der Waals surface area contributed by atoms with Crippen molar-refractivity contribution < 1.29 is 23.2 Å². The fourth-order valence-electron chi connectivity index (χ4n) is 2.72. The lowest BCUT2D eigenvalue weighted by Gasteiger charge is -2.21. The number of nitro groups is 1. The molecule has 5 nitrogen and oxygen atoms in total. The first kappa shape index (κ1) is 23.8. The van der Waals surface area contributed by atoms with E-state index in [1.807, 2.05) is 43.4 Å². The van der Waals surface area contributed by atoms with Gasteiger partial charge in [-0.15, -0.1) is 0 Å². The fourth-order valence-corrected chi connectivity index (χ4v) is 3.64. The molecule has 2 aromatic rings. The summed E-state index contributed by atoms with van der Waals surface area (Å²) >= 11 is 1.45. The lowest BCUT2D eigenvalue weighted by Crippen LogP contribution is -2.24. The van der Waals surface area contributed by atoms with Crippen LogP contribution in [0.25, 0.3) is 10.9 Å². The van der Waals surface area contributed by atoms with Gasteiger partial charge in [0.25, 0.3) is 5.69 Å². The van der Waals surface area contributed by atoms with Crippen LogP contribution < -0.4 is 0 Å². The van der Waals surface area contributed by atoms with Crippen molar-refractivity contribution in [1.29, 1.82) is 0 Å². The maximum atomic E-state index is 13.1. The number of aliphatic hydroxyl groups is 1. The van der Waals surface area contributed by atoms with E-state index < -0.39 is 28.0 Å². The van der Waals surface area contributed by atoms with Crippen LogP contribution in [-0.4, -0.2) is 26.5 Å². The summed E-state index contributed by atoms with van der Waals surface area (Å²) in [5.74, 6) is 0.930. The van der Waals surface area contributed by atoms with Gasteiger partial charge in [0.1, 0.15) is 11.2 Å². The Kier molecular flexibility index (Phi) is 7.91. The number of fused-ring (bicyclic) bond motifs is 1. The molecule has 2 N–H and O–H groups in total. The summed E-state index contributed by atoms with van der Waals surface area (Å²) in [5, 5.41) is 22.0. The van der Waals surface area contributed by atoms with E-state index in [4.69, 9.17) is 0 Å². The Morgan fingerprint density at radius 2 is 1.83 bits per heavy atom. The van der Waals surface area contributed by atoms with E-state index in [1.54, 1.807) is 6.92 Å². The van der Waals surface area contributed by atoms with Crippen LogP contribution in [0.4, 0.5) is 18.9 Å². The number of hydrogen-bond donors (Lipinski definition) is 2. The number of H-pyrrole nitrogens is 1. The SMILES string of the molecule is CC\C=C/C=C\C=C\CSCC(C)(O)c1cc2cc([N+](=O)[O-])c(C(F)(F)F)cc2[nH]1. The van der Waals surface area contributed by atoms with Gasteiger partial charge >= 0.3 is 6.18 Å². The van der Waals surface area contributed by atoms with E-state index in [0.29, 0.717) is 17.5 Å². The van der Waals surface area contributed by atoms with E-state index in [9.17, 15) is 28.4 Å². The summed E-state index contributed by atoms with van der Waals surface area (Å²) < 4.78 is 39.4. The second kappa shape index (κ2) is 9.99. The first-order valence-electron chi connectivity index (χ1n) is 9.23. The van der Waals surface area contributed by atoms with Crippen LogP contribution in [0.3, 0.4) is 0 Å². The van der Waals surface area contributed by atoms with Gasteiger partial charge in [-0.05, 0) is 25.5 Å². The van der Waals surface area contributed by atoms with Crippen LogP contribution >= 0.6 is 11.8 Å². The van der Waals surface area contributed by atoms with Gasteiger partial charge in [-0.2, -0.15) is 24.9 Å². The minimum atomic E-state index is -4.85. The van der Waals surface area contributed by atoms with Crippen LogP contribution in [-0.2, 0) is 11.8 Å². The molecule has 9 heteroatoms. The van der Waals surface area contributed by atoms with E-state index in [0.717, 1.165) is 12.5 Å². The average Bonchev–Trinajstić information content (AvgIpc) is 3.09. The predicted octanol–water partition coefficient (Wildman–Crippen LogP) is 6.11. The molecule has 1 heterocycles. The molecule has 1 aromatic carbocycles. The minimum Gasteiger partial charge on any atom is -0.383 e. The lowest BCUT2D eigenvalue weighted by molar-refractivity contribution is -0.387. The van der Waals surface area contributed by atoms with Crippen molar-refractivity contribution in [3.8, 4) is 0 Å². The zero-order valence-corrected chi connectivity index (χ0v) is 17.4. The van der Waals surface area contributed by atoms with Crippen molar-refractivity contribution in [2.75, 3.05) is 11.5 Å².